The maximum Gasteiger partial charge on any atom is 0.322 e. The lowest BCUT2D eigenvalue weighted by atomic mass is 10.1. The number of aliphatic hydroxyl groups is 1. The second-order valence-electron chi connectivity index (χ2n) is 7.77. The van der Waals surface area contributed by atoms with Crippen LogP contribution in [0.2, 0.25) is 0 Å². The SMILES string of the molecule is CCCCCC=CC/C=C/C=C/C=C/[C@@H](SC[C@H](N)C(=O)NCC(=O)O)[C@@H](O)CCCC(=O)O. The first-order chi connectivity index (χ1) is 16.3. The maximum atomic E-state index is 11.9. The Morgan fingerprint density at radius 3 is 2.38 bits per heavy atom. The van der Waals surface area contributed by atoms with E-state index in [1.807, 2.05) is 24.3 Å². The van der Waals surface area contributed by atoms with Crippen molar-refractivity contribution in [2.24, 2.45) is 5.73 Å². The van der Waals surface area contributed by atoms with E-state index < -0.39 is 41.8 Å². The molecule has 0 fully saturated rings. The number of hydrogen-bond donors (Lipinski definition) is 5. The van der Waals surface area contributed by atoms with Crippen molar-refractivity contribution in [1.82, 2.24) is 5.32 Å². The van der Waals surface area contributed by atoms with E-state index in [0.29, 0.717) is 12.8 Å². The molecule has 6 N–H and O–H groups in total. The van der Waals surface area contributed by atoms with Crippen LogP contribution in [0.25, 0.3) is 0 Å². The monoisotopic (exact) mass is 496 g/mol. The number of nitrogens with two attached hydrogens (primary N) is 1. The third-order valence-electron chi connectivity index (χ3n) is 4.67. The molecule has 0 aliphatic heterocycles. The van der Waals surface area contributed by atoms with E-state index in [-0.39, 0.29) is 12.2 Å². The van der Waals surface area contributed by atoms with E-state index in [4.69, 9.17) is 15.9 Å². The van der Waals surface area contributed by atoms with Crippen LogP contribution in [0, 0.1) is 0 Å². The number of aliphatic hydroxyl groups excluding tert-OH is 1. The zero-order valence-electron chi connectivity index (χ0n) is 20.0. The normalized spacial score (nSPS) is 14.8. The van der Waals surface area contributed by atoms with Crippen molar-refractivity contribution in [1.29, 1.82) is 0 Å². The molecule has 0 aromatic carbocycles. The summed E-state index contributed by atoms with van der Waals surface area (Å²) >= 11 is 1.26. The molecule has 9 heteroatoms. The Morgan fingerprint density at radius 1 is 0.971 bits per heavy atom. The number of nitrogens with one attached hydrogen (secondary N) is 1. The van der Waals surface area contributed by atoms with Gasteiger partial charge in [-0.2, -0.15) is 0 Å². The van der Waals surface area contributed by atoms with Gasteiger partial charge in [0.15, 0.2) is 0 Å². The molecule has 0 radical (unpaired) electrons. The smallest absolute Gasteiger partial charge is 0.322 e. The molecule has 0 heterocycles. The highest BCUT2D eigenvalue weighted by molar-refractivity contribution is 8.00. The topological polar surface area (TPSA) is 150 Å². The van der Waals surface area contributed by atoms with Crippen LogP contribution in [-0.2, 0) is 14.4 Å². The van der Waals surface area contributed by atoms with Crippen molar-refractivity contribution in [2.45, 2.75) is 75.7 Å². The van der Waals surface area contributed by atoms with Gasteiger partial charge >= 0.3 is 11.9 Å². The number of carboxylic acid groups (broad SMARTS) is 2. The number of allylic oxidation sites excluding steroid dienone is 7. The Balaban J connectivity index is 4.70. The third-order valence-corrected chi connectivity index (χ3v) is 6.08. The van der Waals surface area contributed by atoms with Crippen molar-refractivity contribution in [2.75, 3.05) is 12.3 Å². The van der Waals surface area contributed by atoms with Crippen LogP contribution in [0.5, 0.6) is 0 Å². The first kappa shape index (κ1) is 31.6. The summed E-state index contributed by atoms with van der Waals surface area (Å²) < 4.78 is 0. The first-order valence-corrected chi connectivity index (χ1v) is 12.7. The zero-order chi connectivity index (χ0) is 25.6. The van der Waals surface area contributed by atoms with Gasteiger partial charge in [-0.3, -0.25) is 14.4 Å². The Hall–Kier alpha value is -2.36. The molecule has 0 saturated heterocycles. The third kappa shape index (κ3) is 19.1. The second kappa shape index (κ2) is 21.2. The Bertz CT molecular complexity index is 706. The van der Waals surface area contributed by atoms with Crippen molar-refractivity contribution in [3.63, 3.8) is 0 Å². The van der Waals surface area contributed by atoms with E-state index in [1.165, 1.54) is 31.0 Å². The van der Waals surface area contributed by atoms with Gasteiger partial charge in [0.2, 0.25) is 5.91 Å². The largest absolute Gasteiger partial charge is 0.481 e. The number of unbranched alkanes of at least 4 members (excludes halogenated alkanes) is 3. The molecule has 192 valence electrons. The quantitative estimate of drug-likeness (QED) is 0.0977. The van der Waals surface area contributed by atoms with Crippen molar-refractivity contribution >= 4 is 29.6 Å². The Morgan fingerprint density at radius 2 is 1.71 bits per heavy atom. The summed E-state index contributed by atoms with van der Waals surface area (Å²) in [4.78, 5) is 33.2. The van der Waals surface area contributed by atoms with Crippen LogP contribution in [0.3, 0.4) is 0 Å². The van der Waals surface area contributed by atoms with Gasteiger partial charge in [0, 0.05) is 17.4 Å². The lowest BCUT2D eigenvalue weighted by Crippen LogP contribution is -2.44. The molecule has 3 atom stereocenters. The predicted octanol–water partition coefficient (Wildman–Crippen LogP) is 3.43. The standard InChI is InChI=1S/C25H40N2O6S/c1-2-3-4-5-6-7-8-9-10-11-12-13-16-22(21(28)15-14-17-23(29)30)34-19-20(26)25(33)27-18-24(31)32/h6-7,9-13,16,20-22,28H,2-5,8,14-15,17-19,26H2,1H3,(H,27,33)(H,29,30)(H,31,32)/b7-6?,10-9+,12-11+,16-13+/t20-,21-,22+/m0/s1. The van der Waals surface area contributed by atoms with Crippen molar-refractivity contribution < 1.29 is 29.7 Å². The molecule has 0 bridgehead atoms. The predicted molar refractivity (Wildman–Crippen MR) is 138 cm³/mol. The fourth-order valence-electron chi connectivity index (χ4n) is 2.77. The fourth-order valence-corrected chi connectivity index (χ4v) is 3.91. The average Bonchev–Trinajstić information content (AvgIpc) is 2.79. The minimum absolute atomic E-state index is 0.0347. The number of thioether (sulfide) groups is 1. The van der Waals surface area contributed by atoms with Crippen molar-refractivity contribution in [3.05, 3.63) is 48.6 Å². The number of amides is 1. The summed E-state index contributed by atoms with van der Waals surface area (Å²) in [7, 11) is 0. The zero-order valence-corrected chi connectivity index (χ0v) is 20.8. The fraction of sp³-hybridized carbons (Fsp3) is 0.560. The Kier molecular flexibility index (Phi) is 19.7. The number of hydrogen-bond acceptors (Lipinski definition) is 6. The van der Waals surface area contributed by atoms with Gasteiger partial charge in [0.1, 0.15) is 6.54 Å². The summed E-state index contributed by atoms with van der Waals surface area (Å²) in [5.74, 6) is -2.49. The lowest BCUT2D eigenvalue weighted by Gasteiger charge is -2.21. The van der Waals surface area contributed by atoms with E-state index in [9.17, 15) is 19.5 Å². The van der Waals surface area contributed by atoms with Crippen LogP contribution in [0.15, 0.2) is 48.6 Å². The molecule has 0 unspecified atom stereocenters. The van der Waals surface area contributed by atoms with Gasteiger partial charge in [-0.25, -0.2) is 0 Å². The summed E-state index contributed by atoms with van der Waals surface area (Å²) in [6.07, 6.45) is 21.1. The van der Waals surface area contributed by atoms with E-state index in [0.717, 1.165) is 12.8 Å². The van der Waals surface area contributed by atoms with Crippen LogP contribution in [0.4, 0.5) is 0 Å². The van der Waals surface area contributed by atoms with E-state index in [1.54, 1.807) is 12.2 Å². The first-order valence-electron chi connectivity index (χ1n) is 11.7. The highest BCUT2D eigenvalue weighted by Crippen LogP contribution is 2.21. The van der Waals surface area contributed by atoms with Crippen LogP contribution < -0.4 is 11.1 Å². The summed E-state index contributed by atoms with van der Waals surface area (Å²) in [6.45, 7) is 1.68. The van der Waals surface area contributed by atoms with Crippen LogP contribution in [0.1, 0.15) is 58.3 Å². The summed E-state index contributed by atoms with van der Waals surface area (Å²) in [5, 5.41) is 29.8. The molecular weight excluding hydrogens is 456 g/mol. The van der Waals surface area contributed by atoms with E-state index in [2.05, 4.69) is 24.4 Å². The van der Waals surface area contributed by atoms with Gasteiger partial charge < -0.3 is 26.4 Å². The second-order valence-corrected chi connectivity index (χ2v) is 8.98. The number of aliphatic carboxylic acids is 2. The van der Waals surface area contributed by atoms with Crippen molar-refractivity contribution in [3.8, 4) is 0 Å². The Labute approximate surface area is 207 Å². The average molecular weight is 497 g/mol. The molecule has 0 spiro atoms. The number of rotatable bonds is 20. The van der Waals surface area contributed by atoms with E-state index >= 15 is 0 Å². The molecule has 0 aliphatic rings. The number of carbonyl (C=O) groups excluding carboxylic acids is 1. The molecule has 0 saturated carbocycles. The molecular formula is C25H40N2O6S. The molecule has 1 amide bonds. The maximum absolute atomic E-state index is 11.9. The summed E-state index contributed by atoms with van der Waals surface area (Å²) in [5.41, 5.74) is 5.82. The highest BCUT2D eigenvalue weighted by Gasteiger charge is 2.21. The molecule has 0 rings (SSSR count). The summed E-state index contributed by atoms with van der Waals surface area (Å²) in [6, 6.07) is -0.931. The molecule has 0 aromatic rings. The molecule has 34 heavy (non-hydrogen) atoms. The molecule has 0 aliphatic carbocycles. The minimum atomic E-state index is -1.16. The number of carbonyl (C=O) groups is 3. The van der Waals surface area contributed by atoms with Gasteiger partial charge in [-0.1, -0.05) is 68.4 Å². The minimum Gasteiger partial charge on any atom is -0.481 e. The van der Waals surface area contributed by atoms with Crippen LogP contribution >= 0.6 is 11.8 Å². The van der Waals surface area contributed by atoms with Gasteiger partial charge in [-0.05, 0) is 32.1 Å². The molecule has 0 aromatic heterocycles. The number of carboxylic acids is 2. The highest BCUT2D eigenvalue weighted by atomic mass is 32.2. The van der Waals surface area contributed by atoms with Gasteiger partial charge in [0.05, 0.1) is 12.1 Å². The lowest BCUT2D eigenvalue weighted by molar-refractivity contribution is -0.138. The van der Waals surface area contributed by atoms with Gasteiger partial charge in [0.25, 0.3) is 0 Å². The van der Waals surface area contributed by atoms with Crippen LogP contribution in [-0.4, -0.2) is 62.9 Å². The molecule has 8 nitrogen and oxygen atoms in total. The van der Waals surface area contributed by atoms with Gasteiger partial charge in [-0.15, -0.1) is 11.8 Å².